The maximum absolute atomic E-state index is 5.56. The molecule has 0 aromatic carbocycles. The maximum atomic E-state index is 5.56. The summed E-state index contributed by atoms with van der Waals surface area (Å²) in [5, 5.41) is 7.78. The van der Waals surface area contributed by atoms with Crippen LogP contribution in [-0.2, 0) is 4.74 Å². The molecule has 0 aliphatic heterocycles. The lowest BCUT2D eigenvalue weighted by molar-refractivity contribution is 0.0683. The van der Waals surface area contributed by atoms with Gasteiger partial charge in [-0.1, -0.05) is 31.3 Å². The van der Waals surface area contributed by atoms with Gasteiger partial charge in [-0.25, -0.2) is 0 Å². The Hall–Kier alpha value is -0.940. The first-order valence-electron chi connectivity index (χ1n) is 8.44. The summed E-state index contributed by atoms with van der Waals surface area (Å²) in [5.41, 5.74) is 0. The summed E-state index contributed by atoms with van der Waals surface area (Å²) in [7, 11) is 0. The van der Waals surface area contributed by atoms with Crippen LogP contribution in [0.3, 0.4) is 0 Å². The first kappa shape index (κ1) is 16.4. The van der Waals surface area contributed by atoms with Crippen molar-refractivity contribution in [3.05, 3.63) is 11.7 Å². The highest BCUT2D eigenvalue weighted by Crippen LogP contribution is 2.31. The number of hydrogen-bond acceptors (Lipinski definition) is 5. The van der Waals surface area contributed by atoms with Gasteiger partial charge in [0.15, 0.2) is 5.82 Å². The highest BCUT2D eigenvalue weighted by molar-refractivity contribution is 5.01. The van der Waals surface area contributed by atoms with Gasteiger partial charge in [0, 0.05) is 12.6 Å². The molecule has 3 unspecified atom stereocenters. The number of ether oxygens (including phenoxy) is 1. The Balaban J connectivity index is 2.08. The van der Waals surface area contributed by atoms with Crippen LogP contribution in [0.1, 0.15) is 83.0 Å². The fourth-order valence-electron chi connectivity index (χ4n) is 3.06. The van der Waals surface area contributed by atoms with Crippen LogP contribution in [0.5, 0.6) is 0 Å². The van der Waals surface area contributed by atoms with Crippen molar-refractivity contribution in [2.24, 2.45) is 0 Å². The van der Waals surface area contributed by atoms with Crippen LogP contribution < -0.4 is 5.32 Å². The van der Waals surface area contributed by atoms with Gasteiger partial charge in [0.2, 0.25) is 5.89 Å². The van der Waals surface area contributed by atoms with Crippen LogP contribution in [0.4, 0.5) is 0 Å². The predicted octanol–water partition coefficient (Wildman–Crippen LogP) is 3.58. The minimum absolute atomic E-state index is 0.0969. The van der Waals surface area contributed by atoms with E-state index in [-0.39, 0.29) is 6.10 Å². The van der Waals surface area contributed by atoms with Crippen molar-refractivity contribution in [1.29, 1.82) is 0 Å². The normalized spacial score (nSPS) is 24.7. The number of aromatic nitrogens is 2. The molecule has 1 heterocycles. The second-order valence-electron chi connectivity index (χ2n) is 5.89. The SMILES string of the molecule is CCCNC1CCCCCC1c1nc(C(C)OCC)no1. The molecule has 0 saturated heterocycles. The predicted molar refractivity (Wildman–Crippen MR) is 82.2 cm³/mol. The van der Waals surface area contributed by atoms with Gasteiger partial charge in [-0.3, -0.25) is 0 Å². The standard InChI is InChI=1S/C16H29N3O2/c1-4-11-17-14-10-8-6-7-9-13(14)16-18-15(19-21-16)12(3)20-5-2/h12-14,17H,4-11H2,1-3H3. The van der Waals surface area contributed by atoms with Gasteiger partial charge >= 0.3 is 0 Å². The van der Waals surface area contributed by atoms with Gasteiger partial charge in [0.05, 0.1) is 5.92 Å². The molecule has 3 atom stereocenters. The minimum atomic E-state index is -0.0969. The Labute approximate surface area is 127 Å². The number of hydrogen-bond donors (Lipinski definition) is 1. The number of rotatable bonds is 7. The van der Waals surface area contributed by atoms with Gasteiger partial charge in [0.25, 0.3) is 0 Å². The fourth-order valence-corrected chi connectivity index (χ4v) is 3.06. The molecule has 0 radical (unpaired) electrons. The van der Waals surface area contributed by atoms with Crippen molar-refractivity contribution < 1.29 is 9.26 Å². The maximum Gasteiger partial charge on any atom is 0.231 e. The molecule has 2 rings (SSSR count). The van der Waals surface area contributed by atoms with E-state index in [4.69, 9.17) is 9.26 Å². The van der Waals surface area contributed by atoms with Crippen molar-refractivity contribution in [2.75, 3.05) is 13.2 Å². The lowest BCUT2D eigenvalue weighted by Crippen LogP contribution is -2.35. The van der Waals surface area contributed by atoms with Crippen molar-refractivity contribution in [1.82, 2.24) is 15.5 Å². The Morgan fingerprint density at radius 3 is 2.86 bits per heavy atom. The van der Waals surface area contributed by atoms with Gasteiger partial charge in [-0.2, -0.15) is 4.98 Å². The Morgan fingerprint density at radius 2 is 2.10 bits per heavy atom. The monoisotopic (exact) mass is 295 g/mol. The molecule has 1 saturated carbocycles. The zero-order valence-electron chi connectivity index (χ0n) is 13.6. The lowest BCUT2D eigenvalue weighted by Gasteiger charge is -2.23. The van der Waals surface area contributed by atoms with E-state index in [0.29, 0.717) is 24.4 Å². The van der Waals surface area contributed by atoms with E-state index < -0.39 is 0 Å². The van der Waals surface area contributed by atoms with E-state index >= 15 is 0 Å². The molecule has 1 aromatic rings. The third kappa shape index (κ3) is 4.51. The quantitative estimate of drug-likeness (QED) is 0.779. The van der Waals surface area contributed by atoms with Crippen molar-refractivity contribution >= 4 is 0 Å². The second-order valence-corrected chi connectivity index (χ2v) is 5.89. The van der Waals surface area contributed by atoms with Crippen LogP contribution in [0.15, 0.2) is 4.52 Å². The van der Waals surface area contributed by atoms with Gasteiger partial charge in [-0.15, -0.1) is 0 Å². The summed E-state index contributed by atoms with van der Waals surface area (Å²) in [6.07, 6.45) is 7.22. The van der Waals surface area contributed by atoms with Gasteiger partial charge in [-0.05, 0) is 39.7 Å². The molecule has 1 aromatic heterocycles. The Kier molecular flexibility index (Phi) is 6.64. The van der Waals surface area contributed by atoms with Crippen LogP contribution in [0.2, 0.25) is 0 Å². The molecule has 0 bridgehead atoms. The number of nitrogens with zero attached hydrogens (tertiary/aromatic N) is 2. The molecular formula is C16H29N3O2. The van der Waals surface area contributed by atoms with E-state index in [1.165, 1.54) is 25.7 Å². The van der Waals surface area contributed by atoms with Gasteiger partial charge in [0.1, 0.15) is 6.10 Å². The molecule has 5 nitrogen and oxygen atoms in total. The zero-order valence-corrected chi connectivity index (χ0v) is 13.6. The minimum Gasteiger partial charge on any atom is -0.371 e. The summed E-state index contributed by atoms with van der Waals surface area (Å²) < 4.78 is 11.1. The van der Waals surface area contributed by atoms with Crippen LogP contribution in [-0.4, -0.2) is 29.3 Å². The van der Waals surface area contributed by atoms with E-state index in [0.717, 1.165) is 25.3 Å². The first-order valence-corrected chi connectivity index (χ1v) is 8.44. The summed E-state index contributed by atoms with van der Waals surface area (Å²) in [6.45, 7) is 7.87. The van der Waals surface area contributed by atoms with Crippen molar-refractivity contribution in [3.63, 3.8) is 0 Å². The third-order valence-electron chi connectivity index (χ3n) is 4.23. The van der Waals surface area contributed by atoms with Crippen molar-refractivity contribution in [3.8, 4) is 0 Å². The average Bonchev–Trinajstić information content (AvgIpc) is 2.85. The molecule has 1 aliphatic carbocycles. The molecule has 120 valence electrons. The van der Waals surface area contributed by atoms with E-state index in [9.17, 15) is 0 Å². The molecule has 1 N–H and O–H groups in total. The molecule has 21 heavy (non-hydrogen) atoms. The molecule has 0 amide bonds. The molecule has 1 fully saturated rings. The smallest absolute Gasteiger partial charge is 0.231 e. The van der Waals surface area contributed by atoms with Crippen LogP contribution in [0.25, 0.3) is 0 Å². The molecule has 0 spiro atoms. The zero-order chi connectivity index (χ0) is 15.1. The highest BCUT2D eigenvalue weighted by atomic mass is 16.5. The first-order chi connectivity index (χ1) is 10.3. The average molecular weight is 295 g/mol. The summed E-state index contributed by atoms with van der Waals surface area (Å²) in [6, 6.07) is 0.461. The van der Waals surface area contributed by atoms with Crippen LogP contribution >= 0.6 is 0 Å². The third-order valence-corrected chi connectivity index (χ3v) is 4.23. The second kappa shape index (κ2) is 8.49. The summed E-state index contributed by atoms with van der Waals surface area (Å²) in [5.74, 6) is 1.80. The molecule has 1 aliphatic rings. The summed E-state index contributed by atoms with van der Waals surface area (Å²) in [4.78, 5) is 4.61. The Bertz CT molecular complexity index is 408. The van der Waals surface area contributed by atoms with Gasteiger partial charge < -0.3 is 14.6 Å². The van der Waals surface area contributed by atoms with E-state index in [1.807, 2.05) is 13.8 Å². The topological polar surface area (TPSA) is 60.2 Å². The summed E-state index contributed by atoms with van der Waals surface area (Å²) >= 11 is 0. The number of nitrogens with one attached hydrogen (secondary N) is 1. The van der Waals surface area contributed by atoms with Crippen LogP contribution in [0, 0.1) is 0 Å². The Morgan fingerprint density at radius 1 is 1.29 bits per heavy atom. The molecular weight excluding hydrogens is 266 g/mol. The van der Waals surface area contributed by atoms with Crippen molar-refractivity contribution in [2.45, 2.75) is 77.4 Å². The largest absolute Gasteiger partial charge is 0.371 e. The van der Waals surface area contributed by atoms with E-state index in [1.54, 1.807) is 0 Å². The fraction of sp³-hybridized carbons (Fsp3) is 0.875. The highest BCUT2D eigenvalue weighted by Gasteiger charge is 2.30. The van der Waals surface area contributed by atoms with E-state index in [2.05, 4.69) is 22.4 Å². The molecule has 5 heteroatoms. The lowest BCUT2D eigenvalue weighted by atomic mass is 9.94.